The Balaban J connectivity index is 2.79. The highest BCUT2D eigenvalue weighted by molar-refractivity contribution is 4.87. The van der Waals surface area contributed by atoms with E-state index in [4.69, 9.17) is 26.9 Å². The molecular weight excluding hydrogens is 168 g/mol. The molecule has 6 nitrogen and oxygen atoms in total. The van der Waals surface area contributed by atoms with Gasteiger partial charge in [-0.25, -0.2) is 0 Å². The minimum absolute atomic E-state index is 0.661. The third kappa shape index (κ3) is 1.58. The summed E-state index contributed by atoms with van der Waals surface area (Å²) < 4.78 is 11.4. The molecule has 0 spiro atoms. The Labute approximate surface area is 70.0 Å². The van der Waals surface area contributed by atoms with Crippen LogP contribution >= 0.6 is 0 Å². The Morgan fingerprint density at radius 2 is 1.67 bits per heavy atom. The molecule has 1 rings (SSSR count). The minimum Gasteiger partial charge on any atom is -0.394 e. The van der Waals surface area contributed by atoms with E-state index < -0.39 is 37.3 Å². The maximum absolute atomic E-state index is 9.15. The van der Waals surface area contributed by atoms with Crippen molar-refractivity contribution < 1.29 is 31.6 Å². The van der Waals surface area contributed by atoms with Crippen LogP contribution in [0.5, 0.6) is 0 Å². The van der Waals surface area contributed by atoms with Crippen LogP contribution < -0.4 is 0 Å². The van der Waals surface area contributed by atoms with Crippen molar-refractivity contribution in [1.29, 1.82) is 0 Å². The lowest BCUT2D eigenvalue weighted by molar-refractivity contribution is -0.286. The lowest BCUT2D eigenvalue weighted by Crippen LogP contribution is -2.58. The zero-order chi connectivity index (χ0) is 10.2. The molecule has 1 heterocycles. The van der Waals surface area contributed by atoms with Crippen molar-refractivity contribution in [3.8, 4) is 0 Å². The average molecular weight is 181 g/mol. The fourth-order valence-electron chi connectivity index (χ4n) is 0.993. The molecule has 0 aromatic rings. The summed E-state index contributed by atoms with van der Waals surface area (Å²) >= 11 is 0. The molecule has 1 saturated heterocycles. The molecule has 12 heavy (non-hydrogen) atoms. The van der Waals surface area contributed by atoms with E-state index in [1.165, 1.54) is 0 Å². The molecule has 6 heteroatoms. The molecular formula is C6H12O6. The minimum atomic E-state index is -2.70. The molecule has 1 aliphatic heterocycles. The zero-order valence-electron chi connectivity index (χ0n) is 7.16. The summed E-state index contributed by atoms with van der Waals surface area (Å²) in [5.41, 5.74) is 0. The summed E-state index contributed by atoms with van der Waals surface area (Å²) in [6.45, 7) is -0.661. The second-order valence-electron chi connectivity index (χ2n) is 2.60. The third-order valence-electron chi connectivity index (χ3n) is 1.76. The van der Waals surface area contributed by atoms with Gasteiger partial charge in [0, 0.05) is 0 Å². The van der Waals surface area contributed by atoms with Crippen molar-refractivity contribution in [2.75, 3.05) is 6.61 Å². The Hall–Kier alpha value is -0.240. The summed E-state index contributed by atoms with van der Waals surface area (Å²) in [4.78, 5) is 0. The van der Waals surface area contributed by atoms with Crippen molar-refractivity contribution in [3.05, 3.63) is 0 Å². The van der Waals surface area contributed by atoms with Crippen LogP contribution in [-0.4, -0.2) is 62.8 Å². The van der Waals surface area contributed by atoms with E-state index in [2.05, 4.69) is 4.74 Å². The highest BCUT2D eigenvalue weighted by Crippen LogP contribution is 2.18. The first-order valence-electron chi connectivity index (χ1n) is 3.95. The molecule has 5 atom stereocenters. The second-order valence-corrected chi connectivity index (χ2v) is 2.60. The van der Waals surface area contributed by atoms with Crippen molar-refractivity contribution >= 4 is 0 Å². The van der Waals surface area contributed by atoms with Crippen LogP contribution in [0, 0.1) is 0 Å². The van der Waals surface area contributed by atoms with Gasteiger partial charge in [0.05, 0.1) is 7.98 Å². The standard InChI is InChI=1S/C6H12O6/c7-1-2-3(8)4(9)5(10)6(11)12-2/h2-11H,1H2/t2-,3-,4+,5-,6-/m1/s1/i6D. The molecule has 1 aliphatic rings. The van der Waals surface area contributed by atoms with Gasteiger partial charge in [-0.15, -0.1) is 0 Å². The van der Waals surface area contributed by atoms with Gasteiger partial charge in [-0.3, -0.25) is 0 Å². The molecule has 0 aromatic carbocycles. The maximum Gasteiger partial charge on any atom is 0.184 e. The molecule has 72 valence electrons. The van der Waals surface area contributed by atoms with E-state index in [0.29, 0.717) is 0 Å². The number of hydrogen-bond donors (Lipinski definition) is 5. The van der Waals surface area contributed by atoms with Gasteiger partial charge in [-0.05, 0) is 0 Å². The van der Waals surface area contributed by atoms with Gasteiger partial charge in [0.15, 0.2) is 6.27 Å². The van der Waals surface area contributed by atoms with Crippen LogP contribution in [-0.2, 0) is 4.74 Å². The maximum atomic E-state index is 9.15. The first-order valence-corrected chi connectivity index (χ1v) is 3.45. The molecule has 1 fully saturated rings. The van der Waals surface area contributed by atoms with Gasteiger partial charge in [0.25, 0.3) is 0 Å². The summed E-state index contributed by atoms with van der Waals surface area (Å²) in [6, 6.07) is 0. The Morgan fingerprint density at radius 3 is 2.17 bits per heavy atom. The van der Waals surface area contributed by atoms with Crippen molar-refractivity contribution in [1.82, 2.24) is 0 Å². The van der Waals surface area contributed by atoms with E-state index in [-0.39, 0.29) is 0 Å². The van der Waals surface area contributed by atoms with Crippen LogP contribution in [0.1, 0.15) is 1.37 Å². The quantitative estimate of drug-likeness (QED) is 0.291. The number of hydrogen-bond acceptors (Lipinski definition) is 6. The topological polar surface area (TPSA) is 110 Å². The van der Waals surface area contributed by atoms with Crippen LogP contribution in [0.15, 0.2) is 0 Å². The fraction of sp³-hybridized carbons (Fsp3) is 1.00. The van der Waals surface area contributed by atoms with Crippen molar-refractivity contribution in [2.45, 2.75) is 30.7 Å². The van der Waals surface area contributed by atoms with Gasteiger partial charge in [0.2, 0.25) is 0 Å². The Bertz CT molecular complexity index is 184. The summed E-state index contributed by atoms with van der Waals surface area (Å²) in [7, 11) is 0. The normalized spacial score (nSPS) is 56.6. The summed E-state index contributed by atoms with van der Waals surface area (Å²) in [5, 5.41) is 45.0. The first-order chi connectivity index (χ1) is 5.90. The smallest absolute Gasteiger partial charge is 0.184 e. The van der Waals surface area contributed by atoms with Crippen LogP contribution in [0.25, 0.3) is 0 Å². The van der Waals surface area contributed by atoms with Gasteiger partial charge in [-0.2, -0.15) is 0 Å². The predicted molar refractivity (Wildman–Crippen MR) is 36.0 cm³/mol. The molecule has 0 radical (unpaired) electrons. The number of aliphatic hydroxyl groups is 5. The number of aliphatic hydroxyl groups excluding tert-OH is 4. The largest absolute Gasteiger partial charge is 0.394 e. The Kier molecular flexibility index (Phi) is 2.54. The predicted octanol–water partition coefficient (Wildman–Crippen LogP) is -3.22. The SMILES string of the molecule is [2H][C@@]1(O)O[C@H](CO)[C@@H](O)[C@H](O)[C@H]1O. The lowest BCUT2D eigenvalue weighted by Gasteiger charge is -2.37. The molecule has 0 unspecified atom stereocenters. The highest BCUT2D eigenvalue weighted by Gasteiger charge is 2.42. The van der Waals surface area contributed by atoms with Gasteiger partial charge >= 0.3 is 0 Å². The molecule has 5 N–H and O–H groups in total. The van der Waals surface area contributed by atoms with Crippen LogP contribution in [0.2, 0.25) is 0 Å². The highest BCUT2D eigenvalue weighted by atomic mass is 16.6. The molecule has 0 saturated carbocycles. The van der Waals surface area contributed by atoms with Gasteiger partial charge in [-0.1, -0.05) is 0 Å². The van der Waals surface area contributed by atoms with Gasteiger partial charge in [0.1, 0.15) is 24.4 Å². The lowest BCUT2D eigenvalue weighted by atomic mass is 10.00. The molecule has 0 bridgehead atoms. The van der Waals surface area contributed by atoms with E-state index >= 15 is 0 Å². The van der Waals surface area contributed by atoms with E-state index in [1.807, 2.05) is 0 Å². The van der Waals surface area contributed by atoms with Crippen molar-refractivity contribution in [3.63, 3.8) is 0 Å². The Morgan fingerprint density at radius 1 is 1.08 bits per heavy atom. The van der Waals surface area contributed by atoms with E-state index in [9.17, 15) is 0 Å². The first kappa shape index (κ1) is 8.36. The molecule has 0 aromatic heterocycles. The monoisotopic (exact) mass is 181 g/mol. The second kappa shape index (κ2) is 3.65. The molecule has 0 aliphatic carbocycles. The third-order valence-corrected chi connectivity index (χ3v) is 1.76. The van der Waals surface area contributed by atoms with E-state index in [0.717, 1.165) is 0 Å². The fourth-order valence-corrected chi connectivity index (χ4v) is 0.993. The van der Waals surface area contributed by atoms with Crippen LogP contribution in [0.4, 0.5) is 0 Å². The number of rotatable bonds is 1. The number of ether oxygens (including phenoxy) is 1. The van der Waals surface area contributed by atoms with E-state index in [1.54, 1.807) is 0 Å². The molecule has 0 amide bonds. The van der Waals surface area contributed by atoms with Gasteiger partial charge < -0.3 is 30.3 Å². The van der Waals surface area contributed by atoms with Crippen LogP contribution in [0.3, 0.4) is 0 Å². The van der Waals surface area contributed by atoms with Crippen molar-refractivity contribution in [2.24, 2.45) is 0 Å². The zero-order valence-corrected chi connectivity index (χ0v) is 6.16. The summed E-state index contributed by atoms with van der Waals surface area (Å²) in [5.74, 6) is 0. The average Bonchev–Trinajstić information content (AvgIpc) is 2.08. The summed E-state index contributed by atoms with van der Waals surface area (Å²) in [6.07, 6.45) is -9.14.